The Morgan fingerprint density at radius 3 is 1.77 bits per heavy atom. The van der Waals surface area contributed by atoms with Gasteiger partial charge in [0.25, 0.3) is 5.91 Å². The fourth-order valence-electron chi connectivity index (χ4n) is 4.40. The molecule has 0 aliphatic carbocycles. The summed E-state index contributed by atoms with van der Waals surface area (Å²) in [7, 11) is 10.9. The van der Waals surface area contributed by atoms with Gasteiger partial charge in [0.15, 0.2) is 28.7 Å². The monoisotopic (exact) mass is 590 g/mol. The fourth-order valence-corrected chi connectivity index (χ4v) is 4.40. The lowest BCUT2D eigenvalue weighted by Gasteiger charge is -2.14. The van der Waals surface area contributed by atoms with Gasteiger partial charge in [-0.05, 0) is 53.1 Å². The normalized spacial score (nSPS) is 10.8. The van der Waals surface area contributed by atoms with E-state index in [0.717, 1.165) is 16.7 Å². The summed E-state index contributed by atoms with van der Waals surface area (Å²) in [4.78, 5) is 13.1. The molecule has 4 aromatic rings. The Hall–Kier alpha value is -5.39. The zero-order valence-electron chi connectivity index (χ0n) is 25.1. The quantitative estimate of drug-likeness (QED) is 0.217. The maximum atomic E-state index is 13.1. The number of amides is 1. The van der Waals surface area contributed by atoms with Crippen LogP contribution in [-0.4, -0.2) is 70.7 Å². The van der Waals surface area contributed by atoms with Gasteiger partial charge >= 0.3 is 0 Å². The second kappa shape index (κ2) is 14.0. The van der Waals surface area contributed by atoms with Crippen LogP contribution in [0.1, 0.15) is 27.2 Å². The number of hydrogen-bond acceptors (Lipinski definition) is 10. The highest BCUT2D eigenvalue weighted by Crippen LogP contribution is 2.39. The molecule has 0 aliphatic rings. The van der Waals surface area contributed by atoms with Gasteiger partial charge in [-0.3, -0.25) is 4.79 Å². The molecule has 0 fully saturated rings. The summed E-state index contributed by atoms with van der Waals surface area (Å²) in [5.74, 6) is 3.16. The van der Waals surface area contributed by atoms with Crippen LogP contribution < -0.4 is 38.5 Å². The van der Waals surface area contributed by atoms with Crippen LogP contribution in [-0.2, 0) is 6.54 Å². The topological polar surface area (TPSA) is 124 Å². The summed E-state index contributed by atoms with van der Waals surface area (Å²) < 4.78 is 39.5. The third kappa shape index (κ3) is 6.92. The van der Waals surface area contributed by atoms with Crippen molar-refractivity contribution < 1.29 is 38.0 Å². The van der Waals surface area contributed by atoms with E-state index in [1.54, 1.807) is 65.7 Å². The Kier molecular flexibility index (Phi) is 9.94. The number of nitrogens with one attached hydrogen (secondary N) is 1. The minimum Gasteiger partial charge on any atom is -0.495 e. The minimum atomic E-state index is -0.444. The molecule has 0 spiro atoms. The largest absolute Gasteiger partial charge is 0.495 e. The van der Waals surface area contributed by atoms with E-state index in [-0.39, 0.29) is 5.69 Å². The van der Waals surface area contributed by atoms with E-state index in [1.807, 2.05) is 42.5 Å². The van der Waals surface area contributed by atoms with E-state index in [2.05, 4.69) is 15.6 Å². The van der Waals surface area contributed by atoms with E-state index in [9.17, 15) is 4.79 Å². The highest BCUT2D eigenvalue weighted by molar-refractivity contribution is 6.03. The molecule has 1 N–H and O–H groups in total. The maximum absolute atomic E-state index is 13.1. The van der Waals surface area contributed by atoms with Crippen molar-refractivity contribution in [3.63, 3.8) is 0 Å². The van der Waals surface area contributed by atoms with Crippen LogP contribution in [0.5, 0.6) is 40.2 Å². The average Bonchev–Trinajstić information content (AvgIpc) is 3.51. The van der Waals surface area contributed by atoms with E-state index in [4.69, 9.17) is 33.2 Å². The van der Waals surface area contributed by atoms with Gasteiger partial charge in [0.1, 0.15) is 5.75 Å². The Labute approximate surface area is 249 Å². The zero-order chi connectivity index (χ0) is 30.9. The third-order valence-electron chi connectivity index (χ3n) is 6.47. The molecule has 4 rings (SSSR count). The van der Waals surface area contributed by atoms with Gasteiger partial charge in [0.2, 0.25) is 11.5 Å². The molecular formula is C31H34N4O8. The molecule has 43 heavy (non-hydrogen) atoms. The van der Waals surface area contributed by atoms with Crippen molar-refractivity contribution in [2.24, 2.45) is 0 Å². The first-order valence-corrected chi connectivity index (χ1v) is 13.0. The number of carbonyl (C=O) groups excluding carboxylic acids is 1. The molecule has 0 saturated carbocycles. The van der Waals surface area contributed by atoms with Gasteiger partial charge in [-0.15, -0.1) is 5.10 Å². The first kappa shape index (κ1) is 30.6. The highest BCUT2D eigenvalue weighted by Gasteiger charge is 2.17. The summed E-state index contributed by atoms with van der Waals surface area (Å²) >= 11 is 0. The number of nitrogens with zero attached hydrogens (tertiary/aromatic N) is 3. The number of benzene rings is 3. The second-order valence-corrected chi connectivity index (χ2v) is 9.04. The summed E-state index contributed by atoms with van der Waals surface area (Å²) in [6, 6.07) is 12.7. The van der Waals surface area contributed by atoms with Crippen molar-refractivity contribution in [3.05, 3.63) is 71.0 Å². The number of ether oxygens (including phenoxy) is 7. The predicted octanol–water partition coefficient (Wildman–Crippen LogP) is 4.81. The molecular weight excluding hydrogens is 556 g/mol. The van der Waals surface area contributed by atoms with Crippen molar-refractivity contribution in [1.29, 1.82) is 0 Å². The van der Waals surface area contributed by atoms with Crippen LogP contribution >= 0.6 is 0 Å². The molecule has 12 heteroatoms. The van der Waals surface area contributed by atoms with E-state index in [1.165, 1.54) is 7.11 Å². The molecule has 0 aliphatic heterocycles. The number of methoxy groups -OCH3 is 7. The molecule has 0 unspecified atom stereocenters. The van der Waals surface area contributed by atoms with E-state index in [0.29, 0.717) is 52.5 Å². The number of hydrogen-bond donors (Lipinski definition) is 1. The minimum absolute atomic E-state index is 0.132. The van der Waals surface area contributed by atoms with Gasteiger partial charge in [0, 0.05) is 0 Å². The lowest BCUT2D eigenvalue weighted by atomic mass is 10.1. The first-order chi connectivity index (χ1) is 20.9. The Morgan fingerprint density at radius 2 is 1.23 bits per heavy atom. The van der Waals surface area contributed by atoms with Crippen LogP contribution in [0, 0.1) is 0 Å². The standard InChI is InChI=1S/C31H34N4O8/c1-37-24-11-10-19(8-9-20-13-25(38-2)29(42-6)26(14-20)39-3)12-22(24)32-31(36)23-18-35(34-33-23)17-21-15-27(40-4)30(43-7)28(16-21)41-5/h8-16,18H,17H2,1-7H3,(H,32,36)/b9-8-. The second-order valence-electron chi connectivity index (χ2n) is 9.04. The Bertz CT molecular complexity index is 1570. The Morgan fingerprint density at radius 1 is 0.698 bits per heavy atom. The molecule has 0 atom stereocenters. The zero-order valence-corrected chi connectivity index (χ0v) is 25.1. The summed E-state index contributed by atoms with van der Waals surface area (Å²) in [6.45, 7) is 0.321. The molecule has 0 saturated heterocycles. The maximum Gasteiger partial charge on any atom is 0.277 e. The number of rotatable bonds is 13. The lowest BCUT2D eigenvalue weighted by molar-refractivity contribution is 0.102. The summed E-state index contributed by atoms with van der Waals surface area (Å²) in [5, 5.41) is 11.0. The Balaban J connectivity index is 1.52. The fraction of sp³-hybridized carbons (Fsp3) is 0.258. The van der Waals surface area contributed by atoms with Crippen molar-refractivity contribution in [2.75, 3.05) is 55.1 Å². The molecule has 0 radical (unpaired) electrons. The van der Waals surface area contributed by atoms with E-state index >= 15 is 0 Å². The van der Waals surface area contributed by atoms with Crippen molar-refractivity contribution >= 4 is 23.7 Å². The SMILES string of the molecule is COc1ccc(/C=C\c2cc(OC)c(OC)c(OC)c2)cc1NC(=O)c1cn(Cc2cc(OC)c(OC)c(OC)c2)nn1. The molecule has 0 bridgehead atoms. The van der Waals surface area contributed by atoms with Crippen LogP contribution in [0.15, 0.2) is 48.7 Å². The summed E-state index contributed by atoms with van der Waals surface area (Å²) in [6.07, 6.45) is 5.34. The molecule has 1 aromatic heterocycles. The summed E-state index contributed by atoms with van der Waals surface area (Å²) in [5.41, 5.74) is 3.07. The van der Waals surface area contributed by atoms with Crippen molar-refractivity contribution in [2.45, 2.75) is 6.54 Å². The van der Waals surface area contributed by atoms with Gasteiger partial charge < -0.3 is 38.5 Å². The highest BCUT2D eigenvalue weighted by atomic mass is 16.5. The van der Waals surface area contributed by atoms with Gasteiger partial charge in [-0.25, -0.2) is 4.68 Å². The number of anilines is 1. The van der Waals surface area contributed by atoms with Gasteiger partial charge in [-0.1, -0.05) is 23.4 Å². The molecule has 12 nitrogen and oxygen atoms in total. The average molecular weight is 591 g/mol. The van der Waals surface area contributed by atoms with Crippen LogP contribution in [0.2, 0.25) is 0 Å². The first-order valence-electron chi connectivity index (χ1n) is 13.0. The van der Waals surface area contributed by atoms with Crippen molar-refractivity contribution in [3.8, 4) is 40.2 Å². The van der Waals surface area contributed by atoms with Crippen LogP contribution in [0.3, 0.4) is 0 Å². The van der Waals surface area contributed by atoms with E-state index < -0.39 is 5.91 Å². The molecule has 1 amide bonds. The molecule has 1 heterocycles. The number of aromatic nitrogens is 3. The number of carbonyl (C=O) groups is 1. The molecule has 3 aromatic carbocycles. The lowest BCUT2D eigenvalue weighted by Crippen LogP contribution is -2.13. The van der Waals surface area contributed by atoms with Gasteiger partial charge in [0.05, 0.1) is 68.2 Å². The third-order valence-corrected chi connectivity index (χ3v) is 6.47. The van der Waals surface area contributed by atoms with Crippen molar-refractivity contribution in [1.82, 2.24) is 15.0 Å². The smallest absolute Gasteiger partial charge is 0.277 e. The van der Waals surface area contributed by atoms with Crippen LogP contribution in [0.25, 0.3) is 12.2 Å². The van der Waals surface area contributed by atoms with Gasteiger partial charge in [-0.2, -0.15) is 0 Å². The molecule has 226 valence electrons. The van der Waals surface area contributed by atoms with Crippen LogP contribution in [0.4, 0.5) is 5.69 Å². The predicted molar refractivity (Wildman–Crippen MR) is 161 cm³/mol.